The van der Waals surface area contributed by atoms with Gasteiger partial charge in [0.05, 0.1) is 0 Å². The van der Waals surface area contributed by atoms with Crippen molar-refractivity contribution in [2.45, 2.75) is 19.9 Å². The predicted molar refractivity (Wildman–Crippen MR) is 90.6 cm³/mol. The summed E-state index contributed by atoms with van der Waals surface area (Å²) >= 11 is 10.9. The van der Waals surface area contributed by atoms with Crippen molar-refractivity contribution in [3.8, 4) is 11.3 Å². The van der Waals surface area contributed by atoms with E-state index in [0.717, 1.165) is 5.56 Å². The smallest absolute Gasteiger partial charge is 0.305 e. The standard InChI is InChI=1S/C15H16ClN3O2S/c1-9(2)17-15(22)19-18-14(20)13-8-7-12(21-13)10-3-5-11(16)6-4-10/h3-9H,1-2H3,(H,18,20)(H2,17,19,22). The molecule has 0 saturated carbocycles. The Kier molecular flexibility index (Phi) is 5.41. The molecular formula is C15H16ClN3O2S. The van der Waals surface area contributed by atoms with E-state index in [-0.39, 0.29) is 11.8 Å². The molecule has 1 amide bonds. The molecule has 0 fully saturated rings. The molecule has 116 valence electrons. The summed E-state index contributed by atoms with van der Waals surface area (Å²) in [6, 6.07) is 10.7. The van der Waals surface area contributed by atoms with Gasteiger partial charge in [-0.1, -0.05) is 11.6 Å². The summed E-state index contributed by atoms with van der Waals surface area (Å²) in [4.78, 5) is 12.0. The molecule has 0 aliphatic heterocycles. The number of hydrogen-bond acceptors (Lipinski definition) is 3. The maximum atomic E-state index is 12.0. The maximum Gasteiger partial charge on any atom is 0.305 e. The number of hydrogen-bond donors (Lipinski definition) is 3. The Morgan fingerprint density at radius 1 is 1.14 bits per heavy atom. The molecule has 7 heteroatoms. The van der Waals surface area contributed by atoms with Gasteiger partial charge in [0.1, 0.15) is 5.76 Å². The Labute approximate surface area is 139 Å². The lowest BCUT2D eigenvalue weighted by Gasteiger charge is -2.12. The summed E-state index contributed by atoms with van der Waals surface area (Å²) in [5.74, 6) is 0.364. The molecule has 1 aromatic carbocycles. The van der Waals surface area contributed by atoms with Crippen molar-refractivity contribution in [3.63, 3.8) is 0 Å². The van der Waals surface area contributed by atoms with Crippen LogP contribution < -0.4 is 16.2 Å². The first-order valence-electron chi connectivity index (χ1n) is 6.68. The van der Waals surface area contributed by atoms with Crippen molar-refractivity contribution >= 4 is 34.8 Å². The molecule has 22 heavy (non-hydrogen) atoms. The van der Waals surface area contributed by atoms with Crippen molar-refractivity contribution in [3.05, 3.63) is 47.2 Å². The van der Waals surface area contributed by atoms with Crippen LogP contribution in [0.2, 0.25) is 5.02 Å². The van der Waals surface area contributed by atoms with Gasteiger partial charge in [-0.05, 0) is 62.5 Å². The highest BCUT2D eigenvalue weighted by Crippen LogP contribution is 2.23. The van der Waals surface area contributed by atoms with Gasteiger partial charge in [0, 0.05) is 16.6 Å². The van der Waals surface area contributed by atoms with Crippen LogP contribution in [0, 0.1) is 0 Å². The normalized spacial score (nSPS) is 10.4. The first-order chi connectivity index (χ1) is 10.5. The van der Waals surface area contributed by atoms with E-state index >= 15 is 0 Å². The van der Waals surface area contributed by atoms with Crippen LogP contribution in [0.4, 0.5) is 0 Å². The molecule has 0 aliphatic rings. The van der Waals surface area contributed by atoms with Gasteiger partial charge in [-0.25, -0.2) is 0 Å². The fourth-order valence-electron chi connectivity index (χ4n) is 1.70. The minimum absolute atomic E-state index is 0.178. The monoisotopic (exact) mass is 337 g/mol. The summed E-state index contributed by atoms with van der Waals surface area (Å²) in [6.07, 6.45) is 0. The molecule has 1 heterocycles. The Morgan fingerprint density at radius 2 is 1.82 bits per heavy atom. The summed E-state index contributed by atoms with van der Waals surface area (Å²) in [6.45, 7) is 3.89. The summed E-state index contributed by atoms with van der Waals surface area (Å²) in [5, 5.41) is 3.93. The molecule has 0 aliphatic carbocycles. The van der Waals surface area contributed by atoms with Crippen molar-refractivity contribution in [1.29, 1.82) is 0 Å². The lowest BCUT2D eigenvalue weighted by Crippen LogP contribution is -2.48. The number of halogens is 1. The Hall–Kier alpha value is -2.05. The molecule has 2 rings (SSSR count). The van der Waals surface area contributed by atoms with Crippen LogP contribution in [0.15, 0.2) is 40.8 Å². The average molecular weight is 338 g/mol. The second-order valence-electron chi connectivity index (χ2n) is 4.88. The van der Waals surface area contributed by atoms with Gasteiger partial charge < -0.3 is 9.73 Å². The number of carbonyl (C=O) groups excluding carboxylic acids is 1. The largest absolute Gasteiger partial charge is 0.451 e. The van der Waals surface area contributed by atoms with Crippen molar-refractivity contribution in [2.75, 3.05) is 0 Å². The molecule has 1 aromatic heterocycles. The zero-order valence-corrected chi connectivity index (χ0v) is 13.7. The molecule has 5 nitrogen and oxygen atoms in total. The number of furan rings is 1. The first-order valence-corrected chi connectivity index (χ1v) is 7.47. The molecule has 3 N–H and O–H groups in total. The summed E-state index contributed by atoms with van der Waals surface area (Å²) in [7, 11) is 0. The van der Waals surface area contributed by atoms with E-state index in [4.69, 9.17) is 28.2 Å². The van der Waals surface area contributed by atoms with E-state index < -0.39 is 5.91 Å². The summed E-state index contributed by atoms with van der Waals surface area (Å²) < 4.78 is 5.53. The highest BCUT2D eigenvalue weighted by Gasteiger charge is 2.12. The van der Waals surface area contributed by atoms with Gasteiger partial charge in [-0.3, -0.25) is 15.6 Å². The maximum absolute atomic E-state index is 12.0. The van der Waals surface area contributed by atoms with Gasteiger partial charge in [-0.2, -0.15) is 0 Å². The van der Waals surface area contributed by atoms with Gasteiger partial charge in [0.2, 0.25) is 0 Å². The third-order valence-electron chi connectivity index (χ3n) is 2.67. The Morgan fingerprint density at radius 3 is 2.45 bits per heavy atom. The molecule has 0 spiro atoms. The van der Waals surface area contributed by atoms with Crippen molar-refractivity contribution in [1.82, 2.24) is 16.2 Å². The van der Waals surface area contributed by atoms with E-state index in [9.17, 15) is 4.79 Å². The molecule has 0 unspecified atom stereocenters. The van der Waals surface area contributed by atoms with Gasteiger partial charge in [0.25, 0.3) is 0 Å². The highest BCUT2D eigenvalue weighted by molar-refractivity contribution is 7.80. The number of hydrazine groups is 1. The van der Waals surface area contributed by atoms with Gasteiger partial charge >= 0.3 is 5.91 Å². The lowest BCUT2D eigenvalue weighted by molar-refractivity contribution is 0.0916. The molecule has 2 aromatic rings. The zero-order chi connectivity index (χ0) is 16.1. The lowest BCUT2D eigenvalue weighted by atomic mass is 10.2. The quantitative estimate of drug-likeness (QED) is 0.593. The van der Waals surface area contributed by atoms with E-state index in [1.165, 1.54) is 0 Å². The molecule has 0 atom stereocenters. The SMILES string of the molecule is CC(C)NC(=S)NNC(=O)c1ccc(-c2ccc(Cl)cc2)o1. The van der Waals surface area contributed by atoms with Crippen LogP contribution in [0.1, 0.15) is 24.4 Å². The molecule has 0 bridgehead atoms. The fourth-order valence-corrected chi connectivity index (χ4v) is 2.12. The van der Waals surface area contributed by atoms with Crippen LogP contribution in [-0.2, 0) is 0 Å². The van der Waals surface area contributed by atoms with Crippen molar-refractivity contribution in [2.24, 2.45) is 0 Å². The molecular weight excluding hydrogens is 322 g/mol. The van der Waals surface area contributed by atoms with E-state index in [2.05, 4.69) is 16.2 Å². The predicted octanol–water partition coefficient (Wildman–Crippen LogP) is 3.12. The van der Waals surface area contributed by atoms with Crippen LogP contribution >= 0.6 is 23.8 Å². The van der Waals surface area contributed by atoms with Crippen LogP contribution in [0.3, 0.4) is 0 Å². The number of thiocarbonyl (C=S) groups is 1. The number of nitrogens with one attached hydrogen (secondary N) is 3. The van der Waals surface area contributed by atoms with E-state index in [1.54, 1.807) is 24.3 Å². The average Bonchev–Trinajstić information content (AvgIpc) is 2.94. The second kappa shape index (κ2) is 7.29. The van der Waals surface area contributed by atoms with E-state index in [0.29, 0.717) is 15.9 Å². The highest BCUT2D eigenvalue weighted by atomic mass is 35.5. The minimum Gasteiger partial charge on any atom is -0.451 e. The Bertz CT molecular complexity index is 668. The van der Waals surface area contributed by atoms with Gasteiger partial charge in [-0.15, -0.1) is 0 Å². The minimum atomic E-state index is -0.409. The fraction of sp³-hybridized carbons (Fsp3) is 0.200. The number of amides is 1. The van der Waals surface area contributed by atoms with Crippen LogP contribution in [0.25, 0.3) is 11.3 Å². The number of rotatable bonds is 3. The number of benzene rings is 1. The second-order valence-corrected chi connectivity index (χ2v) is 5.72. The zero-order valence-electron chi connectivity index (χ0n) is 12.1. The third kappa shape index (κ3) is 4.47. The van der Waals surface area contributed by atoms with Crippen LogP contribution in [0.5, 0.6) is 0 Å². The topological polar surface area (TPSA) is 66.3 Å². The van der Waals surface area contributed by atoms with Gasteiger partial charge in [0.15, 0.2) is 10.9 Å². The third-order valence-corrected chi connectivity index (χ3v) is 3.14. The summed E-state index contributed by atoms with van der Waals surface area (Å²) in [5.41, 5.74) is 5.92. The van der Waals surface area contributed by atoms with Crippen LogP contribution in [-0.4, -0.2) is 17.1 Å². The molecule has 0 radical (unpaired) electrons. The van der Waals surface area contributed by atoms with E-state index in [1.807, 2.05) is 26.0 Å². The van der Waals surface area contributed by atoms with Crippen molar-refractivity contribution < 1.29 is 9.21 Å². The Balaban J connectivity index is 1.97. The number of carbonyl (C=O) groups is 1. The first kappa shape index (κ1) is 16.3. The molecule has 0 saturated heterocycles.